The summed E-state index contributed by atoms with van der Waals surface area (Å²) < 4.78 is 5.65. The summed E-state index contributed by atoms with van der Waals surface area (Å²) in [4.78, 5) is 1.96. The zero-order chi connectivity index (χ0) is 13.1. The number of aliphatic hydroxyl groups excluding tert-OH is 1. The van der Waals surface area contributed by atoms with E-state index < -0.39 is 0 Å². The van der Waals surface area contributed by atoms with E-state index in [4.69, 9.17) is 4.42 Å². The molecule has 102 valence electrons. The Labute approximate surface area is 107 Å². The van der Waals surface area contributed by atoms with Crippen LogP contribution in [0.4, 0.5) is 6.01 Å². The molecular formula is C12H22N4O2. The van der Waals surface area contributed by atoms with Crippen molar-refractivity contribution in [3.8, 4) is 0 Å². The van der Waals surface area contributed by atoms with Crippen LogP contribution in [0.25, 0.3) is 0 Å². The molecule has 0 radical (unpaired) electrons. The summed E-state index contributed by atoms with van der Waals surface area (Å²) in [5.74, 6) is 0.935. The molecule has 3 unspecified atom stereocenters. The second-order valence-corrected chi connectivity index (χ2v) is 4.98. The minimum atomic E-state index is -0.319. The van der Waals surface area contributed by atoms with Crippen LogP contribution in [0.3, 0.4) is 0 Å². The summed E-state index contributed by atoms with van der Waals surface area (Å²) in [7, 11) is 0. The number of nitrogens with zero attached hydrogens (tertiary/aromatic N) is 3. The van der Waals surface area contributed by atoms with Gasteiger partial charge in [-0.25, -0.2) is 0 Å². The van der Waals surface area contributed by atoms with Crippen LogP contribution in [0.15, 0.2) is 4.42 Å². The number of aliphatic hydroxyl groups is 1. The molecule has 1 aromatic heterocycles. The van der Waals surface area contributed by atoms with Gasteiger partial charge >= 0.3 is 6.01 Å². The molecule has 3 atom stereocenters. The molecule has 1 fully saturated rings. The highest BCUT2D eigenvalue weighted by molar-refractivity contribution is 5.26. The average molecular weight is 254 g/mol. The Bertz CT molecular complexity index is 382. The molecule has 6 heteroatoms. The van der Waals surface area contributed by atoms with Crippen LogP contribution in [0, 0.1) is 5.92 Å². The minimum absolute atomic E-state index is 0.0601. The smallest absolute Gasteiger partial charge is 0.318 e. The van der Waals surface area contributed by atoms with Gasteiger partial charge in [0.15, 0.2) is 0 Å². The van der Waals surface area contributed by atoms with E-state index in [1.54, 1.807) is 0 Å². The Morgan fingerprint density at radius 3 is 3.00 bits per heavy atom. The fraction of sp³-hybridized carbons (Fsp3) is 0.833. The third-order valence-electron chi connectivity index (χ3n) is 3.50. The van der Waals surface area contributed by atoms with Crippen LogP contribution in [0.5, 0.6) is 0 Å². The Hall–Kier alpha value is -1.14. The maximum absolute atomic E-state index is 9.87. The summed E-state index contributed by atoms with van der Waals surface area (Å²) in [6.07, 6.45) is 0.627. The van der Waals surface area contributed by atoms with Gasteiger partial charge in [-0.1, -0.05) is 18.9 Å². The maximum Gasteiger partial charge on any atom is 0.318 e. The Kier molecular flexibility index (Phi) is 4.19. The van der Waals surface area contributed by atoms with Crippen LogP contribution in [0.1, 0.15) is 39.1 Å². The number of hydrogen-bond donors (Lipinski definition) is 2. The predicted molar refractivity (Wildman–Crippen MR) is 68.4 cm³/mol. The fourth-order valence-electron chi connectivity index (χ4n) is 2.15. The van der Waals surface area contributed by atoms with E-state index in [1.807, 2.05) is 18.7 Å². The molecule has 0 spiro atoms. The molecule has 1 aliphatic rings. The van der Waals surface area contributed by atoms with Gasteiger partial charge in [0.05, 0.1) is 12.1 Å². The monoisotopic (exact) mass is 254 g/mol. The van der Waals surface area contributed by atoms with Crippen molar-refractivity contribution < 1.29 is 9.52 Å². The van der Waals surface area contributed by atoms with Gasteiger partial charge in [0.25, 0.3) is 0 Å². The lowest BCUT2D eigenvalue weighted by Crippen LogP contribution is -2.43. The number of β-amino-alcohol motifs (C(OH)–C–C–N with tert-alkyl or cyclic N) is 1. The van der Waals surface area contributed by atoms with Crippen molar-refractivity contribution in [3.05, 3.63) is 5.89 Å². The number of nitrogens with one attached hydrogen (secondary N) is 1. The van der Waals surface area contributed by atoms with Crippen LogP contribution in [-0.4, -0.2) is 41.0 Å². The summed E-state index contributed by atoms with van der Waals surface area (Å²) in [5.41, 5.74) is 0. The highest BCUT2D eigenvalue weighted by Gasteiger charge is 2.27. The standard InChI is InChI=1S/C12H22N4O2/c1-4-13-9(3)11-14-15-12(18-11)16-6-5-8(2)10(17)7-16/h8-10,13,17H,4-7H2,1-3H3. The molecular weight excluding hydrogens is 232 g/mol. The number of aromatic nitrogens is 2. The third kappa shape index (κ3) is 2.81. The Balaban J connectivity index is 2.01. The summed E-state index contributed by atoms with van der Waals surface area (Å²) in [6.45, 7) is 8.38. The van der Waals surface area contributed by atoms with Gasteiger partial charge in [-0.2, -0.15) is 0 Å². The van der Waals surface area contributed by atoms with Crippen LogP contribution in [-0.2, 0) is 0 Å². The lowest BCUT2D eigenvalue weighted by molar-refractivity contribution is 0.101. The van der Waals surface area contributed by atoms with E-state index in [1.165, 1.54) is 0 Å². The largest absolute Gasteiger partial charge is 0.406 e. The van der Waals surface area contributed by atoms with Crippen LogP contribution in [0.2, 0.25) is 0 Å². The zero-order valence-electron chi connectivity index (χ0n) is 11.3. The van der Waals surface area contributed by atoms with Gasteiger partial charge < -0.3 is 19.7 Å². The first-order valence-electron chi connectivity index (χ1n) is 6.61. The van der Waals surface area contributed by atoms with Crippen LogP contribution >= 0.6 is 0 Å². The number of rotatable bonds is 4. The third-order valence-corrected chi connectivity index (χ3v) is 3.50. The normalized spacial score (nSPS) is 26.3. The van der Waals surface area contributed by atoms with Crippen molar-refractivity contribution in [2.45, 2.75) is 39.3 Å². The first-order chi connectivity index (χ1) is 8.61. The van der Waals surface area contributed by atoms with Crippen molar-refractivity contribution in [1.82, 2.24) is 15.5 Å². The molecule has 0 amide bonds. The van der Waals surface area contributed by atoms with Gasteiger partial charge in [0.1, 0.15) is 0 Å². The van der Waals surface area contributed by atoms with Crippen molar-refractivity contribution in [3.63, 3.8) is 0 Å². The van der Waals surface area contributed by atoms with Crippen molar-refractivity contribution >= 4 is 6.01 Å². The second-order valence-electron chi connectivity index (χ2n) is 4.98. The van der Waals surface area contributed by atoms with Crippen molar-refractivity contribution in [1.29, 1.82) is 0 Å². The predicted octanol–water partition coefficient (Wildman–Crippen LogP) is 0.947. The molecule has 6 nitrogen and oxygen atoms in total. The van der Waals surface area contributed by atoms with E-state index in [0.717, 1.165) is 19.5 Å². The highest BCUT2D eigenvalue weighted by Crippen LogP contribution is 2.23. The van der Waals surface area contributed by atoms with Gasteiger partial charge in [0.2, 0.25) is 5.89 Å². The lowest BCUT2D eigenvalue weighted by atomic mass is 9.96. The van der Waals surface area contributed by atoms with Gasteiger partial charge in [-0.05, 0) is 25.8 Å². The van der Waals surface area contributed by atoms with E-state index >= 15 is 0 Å². The molecule has 0 aliphatic carbocycles. The summed E-state index contributed by atoms with van der Waals surface area (Å²) in [5, 5.41) is 21.2. The van der Waals surface area contributed by atoms with Gasteiger partial charge in [-0.3, -0.25) is 0 Å². The van der Waals surface area contributed by atoms with E-state index in [2.05, 4.69) is 22.4 Å². The first-order valence-corrected chi connectivity index (χ1v) is 6.61. The van der Waals surface area contributed by atoms with Gasteiger partial charge in [0, 0.05) is 13.1 Å². The SMILES string of the molecule is CCNC(C)c1nnc(N2CCC(C)C(O)C2)o1. The molecule has 2 N–H and O–H groups in total. The molecule has 2 heterocycles. The van der Waals surface area contributed by atoms with E-state index in [0.29, 0.717) is 24.4 Å². The quantitative estimate of drug-likeness (QED) is 0.833. The summed E-state index contributed by atoms with van der Waals surface area (Å²) in [6, 6.07) is 0.575. The summed E-state index contributed by atoms with van der Waals surface area (Å²) >= 11 is 0. The number of anilines is 1. The maximum atomic E-state index is 9.87. The Morgan fingerprint density at radius 2 is 2.33 bits per heavy atom. The molecule has 1 aromatic rings. The molecule has 1 aliphatic heterocycles. The van der Waals surface area contributed by atoms with Crippen LogP contribution < -0.4 is 10.2 Å². The highest BCUT2D eigenvalue weighted by atomic mass is 16.4. The second kappa shape index (κ2) is 5.67. The molecule has 0 aromatic carbocycles. The van der Waals surface area contributed by atoms with Crippen molar-refractivity contribution in [2.75, 3.05) is 24.5 Å². The fourth-order valence-corrected chi connectivity index (χ4v) is 2.15. The molecule has 1 saturated heterocycles. The molecule has 18 heavy (non-hydrogen) atoms. The topological polar surface area (TPSA) is 74.4 Å². The zero-order valence-corrected chi connectivity index (χ0v) is 11.3. The number of piperidine rings is 1. The van der Waals surface area contributed by atoms with Crippen molar-refractivity contribution in [2.24, 2.45) is 5.92 Å². The number of hydrogen-bond acceptors (Lipinski definition) is 6. The Morgan fingerprint density at radius 1 is 1.56 bits per heavy atom. The lowest BCUT2D eigenvalue weighted by Gasteiger charge is -2.32. The molecule has 2 rings (SSSR count). The van der Waals surface area contributed by atoms with E-state index in [-0.39, 0.29) is 12.1 Å². The minimum Gasteiger partial charge on any atom is -0.406 e. The first kappa shape index (κ1) is 13.3. The average Bonchev–Trinajstić information content (AvgIpc) is 2.82. The molecule has 0 saturated carbocycles. The van der Waals surface area contributed by atoms with E-state index in [9.17, 15) is 5.11 Å². The molecule has 0 bridgehead atoms. The van der Waals surface area contributed by atoms with Gasteiger partial charge in [-0.15, -0.1) is 5.10 Å².